The number of allylic oxidation sites excluding steroid dienone is 1. The molecule has 0 aliphatic carbocycles. The third-order valence-electron chi connectivity index (χ3n) is 5.60. The summed E-state index contributed by atoms with van der Waals surface area (Å²) in [6.07, 6.45) is 4.25. The Kier molecular flexibility index (Phi) is 3.03. The Labute approximate surface area is 171 Å². The van der Waals surface area contributed by atoms with Crippen molar-refractivity contribution in [3.63, 3.8) is 0 Å². The van der Waals surface area contributed by atoms with Gasteiger partial charge in [0.05, 0.1) is 0 Å². The van der Waals surface area contributed by atoms with Crippen LogP contribution in [0.25, 0.3) is 0 Å². The Balaban J connectivity index is 0.00000140. The van der Waals surface area contributed by atoms with Gasteiger partial charge in [-0.1, -0.05) is 0 Å². The number of aliphatic imine (C=N–C) groups is 1. The Morgan fingerprint density at radius 1 is 0.840 bits per heavy atom. The average molecular weight is 401 g/mol. The number of hydrogen-bond acceptors (Lipinski definition) is 1. The molecule has 0 aromatic carbocycles. The normalized spacial score (nSPS) is 21.5. The molecule has 0 bridgehead atoms. The van der Waals surface area contributed by atoms with Gasteiger partial charge in [0.1, 0.15) is 0 Å². The molecule has 3 aliphatic heterocycles. The van der Waals surface area contributed by atoms with Crippen LogP contribution in [0.3, 0.4) is 0 Å². The van der Waals surface area contributed by atoms with E-state index < -0.39 is 5.91 Å². The number of nitrogens with zero attached hydrogens (tertiary/aromatic N) is 4. The fourth-order valence-electron chi connectivity index (χ4n) is 4.76. The van der Waals surface area contributed by atoms with Crippen molar-refractivity contribution in [2.24, 2.45) is 4.99 Å². The summed E-state index contributed by atoms with van der Waals surface area (Å²) in [5.74, 6) is -0.668. The molecule has 5 heteroatoms. The van der Waals surface area contributed by atoms with Crippen LogP contribution in [0.4, 0.5) is 0 Å². The van der Waals surface area contributed by atoms with Crippen LogP contribution in [0.2, 0.25) is 0 Å². The van der Waals surface area contributed by atoms with E-state index in [2.05, 4.69) is 57.0 Å². The molecule has 4 nitrogen and oxygen atoms in total. The zero-order valence-corrected chi connectivity index (χ0v) is 16.7. The predicted molar refractivity (Wildman–Crippen MR) is 92.1 cm³/mol. The molecule has 6 heterocycles. The first-order chi connectivity index (χ1) is 11.7. The molecule has 1 radical (unpaired) electrons. The van der Waals surface area contributed by atoms with Gasteiger partial charge in [0, 0.05) is 74.0 Å². The van der Waals surface area contributed by atoms with Crippen molar-refractivity contribution in [2.45, 2.75) is 25.2 Å². The van der Waals surface area contributed by atoms with Gasteiger partial charge in [-0.2, -0.15) is 6.07 Å². The first-order valence-electron chi connectivity index (χ1n) is 8.29. The van der Waals surface area contributed by atoms with Crippen LogP contribution in [0.15, 0.2) is 47.5 Å². The Morgan fingerprint density at radius 3 is 1.88 bits per heavy atom. The summed E-state index contributed by atoms with van der Waals surface area (Å²) in [6, 6.07) is 13.2. The molecule has 0 saturated heterocycles. The van der Waals surface area contributed by atoms with Crippen LogP contribution >= 0.6 is 0 Å². The molecule has 0 fully saturated rings. The Hall–Kier alpha value is -1.78. The van der Waals surface area contributed by atoms with Crippen molar-refractivity contribution in [3.05, 3.63) is 90.1 Å². The molecule has 1 atom stereocenters. The molecule has 1 unspecified atom stereocenters. The topological polar surface area (TPSA) is 27.1 Å². The van der Waals surface area contributed by atoms with Crippen LogP contribution in [0, 0.1) is 13.5 Å². The SMILES string of the molecule is [CH-]=CC1=NC23n4c([CH2-])ccc4Cc4ccc(n42)Cc2ccc(n23)C1.[Y]. The monoisotopic (exact) mass is 401 g/mol. The van der Waals surface area contributed by atoms with Crippen LogP contribution in [0.1, 0.15) is 34.2 Å². The third kappa shape index (κ3) is 1.65. The molecule has 3 aromatic rings. The van der Waals surface area contributed by atoms with Crippen molar-refractivity contribution < 1.29 is 32.7 Å². The van der Waals surface area contributed by atoms with E-state index in [4.69, 9.17) is 11.6 Å². The number of rotatable bonds is 1. The second-order valence-electron chi connectivity index (χ2n) is 6.85. The minimum atomic E-state index is -0.668. The fourth-order valence-corrected chi connectivity index (χ4v) is 4.76. The second kappa shape index (κ2) is 4.89. The van der Waals surface area contributed by atoms with Gasteiger partial charge < -0.3 is 9.56 Å². The minimum absolute atomic E-state index is 0. The van der Waals surface area contributed by atoms with Gasteiger partial charge in [0.15, 0.2) is 0 Å². The molecule has 1 spiro atoms. The maximum absolute atomic E-state index is 5.90. The maximum atomic E-state index is 5.90. The largest absolute Gasteiger partial charge is 0.322 e. The van der Waals surface area contributed by atoms with E-state index in [0.29, 0.717) is 0 Å². The summed E-state index contributed by atoms with van der Waals surface area (Å²) >= 11 is 0. The van der Waals surface area contributed by atoms with Gasteiger partial charge in [0.25, 0.3) is 5.91 Å². The standard InChI is InChI=1S/C20H16N4.Y/c1-3-14-10-15-6-7-18-12-19-9-8-17-11-16-5-4-13(2)22(16)20(21-14,23(15)18)24(17)19;/h1,3-9H,2,10-12H2;/q-2;. The van der Waals surface area contributed by atoms with Gasteiger partial charge in [0.2, 0.25) is 0 Å². The molecule has 0 amide bonds. The van der Waals surface area contributed by atoms with E-state index in [1.54, 1.807) is 6.08 Å². The molecular formula is C20H16N4Y-2. The summed E-state index contributed by atoms with van der Waals surface area (Å²) < 4.78 is 7.04. The first kappa shape index (κ1) is 15.5. The van der Waals surface area contributed by atoms with Crippen molar-refractivity contribution in [1.29, 1.82) is 0 Å². The maximum Gasteiger partial charge on any atom is 0.288 e. The van der Waals surface area contributed by atoms with Crippen LogP contribution in [-0.4, -0.2) is 19.4 Å². The van der Waals surface area contributed by atoms with Crippen molar-refractivity contribution in [2.75, 3.05) is 0 Å². The van der Waals surface area contributed by atoms with Crippen LogP contribution < -0.4 is 0 Å². The molecule has 25 heavy (non-hydrogen) atoms. The van der Waals surface area contributed by atoms with Crippen molar-refractivity contribution in [3.8, 4) is 0 Å². The van der Waals surface area contributed by atoms with Gasteiger partial charge in [-0.25, -0.2) is 13.0 Å². The molecule has 3 aromatic heterocycles. The second-order valence-corrected chi connectivity index (χ2v) is 6.85. The number of fused-ring (bicyclic) bond motifs is 1. The first-order valence-corrected chi connectivity index (χ1v) is 8.29. The average Bonchev–Trinajstić information content (AvgIpc) is 3.28. The van der Waals surface area contributed by atoms with E-state index >= 15 is 0 Å². The van der Waals surface area contributed by atoms with E-state index in [1.165, 1.54) is 28.5 Å². The molecular weight excluding hydrogens is 385 g/mol. The summed E-state index contributed by atoms with van der Waals surface area (Å²) in [5, 5.41) is 0. The van der Waals surface area contributed by atoms with Gasteiger partial charge in [-0.05, 0) is 30.7 Å². The van der Waals surface area contributed by atoms with E-state index in [9.17, 15) is 0 Å². The Bertz CT molecular complexity index is 1050. The quantitative estimate of drug-likeness (QED) is 0.561. The smallest absolute Gasteiger partial charge is 0.288 e. The Morgan fingerprint density at radius 2 is 1.32 bits per heavy atom. The summed E-state index contributed by atoms with van der Waals surface area (Å²) in [6.45, 7) is 10.2. The van der Waals surface area contributed by atoms with Gasteiger partial charge in [-0.15, -0.1) is 17.5 Å². The molecule has 6 rings (SSSR count). The predicted octanol–water partition coefficient (Wildman–Crippen LogP) is 2.73. The van der Waals surface area contributed by atoms with E-state index in [-0.39, 0.29) is 32.7 Å². The molecule has 121 valence electrons. The zero-order valence-electron chi connectivity index (χ0n) is 13.8. The van der Waals surface area contributed by atoms with Gasteiger partial charge in [-0.3, -0.25) is 15.7 Å². The van der Waals surface area contributed by atoms with Crippen molar-refractivity contribution >= 4 is 5.71 Å². The van der Waals surface area contributed by atoms with Crippen LogP contribution in [0.5, 0.6) is 0 Å². The molecule has 0 saturated carbocycles. The van der Waals surface area contributed by atoms with E-state index in [1.807, 2.05) is 0 Å². The molecule has 3 aliphatic rings. The van der Waals surface area contributed by atoms with Crippen LogP contribution in [-0.2, 0) is 57.9 Å². The molecule has 0 N–H and O–H groups in total. The number of hydrogen-bond donors (Lipinski definition) is 0. The summed E-state index contributed by atoms with van der Waals surface area (Å²) in [7, 11) is 0. The van der Waals surface area contributed by atoms with E-state index in [0.717, 1.165) is 30.7 Å². The number of aromatic nitrogens is 3. The third-order valence-corrected chi connectivity index (χ3v) is 5.60. The van der Waals surface area contributed by atoms with Gasteiger partial charge >= 0.3 is 0 Å². The summed E-state index contributed by atoms with van der Waals surface area (Å²) in [5.41, 5.74) is 8.27. The summed E-state index contributed by atoms with van der Waals surface area (Å²) in [4.78, 5) is 5.18. The fraction of sp³-hybridized carbons (Fsp3) is 0.200. The minimum Gasteiger partial charge on any atom is -0.322 e. The van der Waals surface area contributed by atoms with Crippen molar-refractivity contribution in [1.82, 2.24) is 13.7 Å². The zero-order chi connectivity index (χ0) is 16.1.